The molecule has 0 saturated carbocycles. The summed E-state index contributed by atoms with van der Waals surface area (Å²) in [7, 11) is 3.80. The Morgan fingerprint density at radius 2 is 1.54 bits per heavy atom. The van der Waals surface area contributed by atoms with Crippen LogP contribution < -0.4 is 11.1 Å². The van der Waals surface area contributed by atoms with Gasteiger partial charge in [0.05, 0.1) is 34.0 Å². The summed E-state index contributed by atoms with van der Waals surface area (Å²) in [5, 5.41) is 13.1. The Hall–Kier alpha value is -4.92. The van der Waals surface area contributed by atoms with Gasteiger partial charge in [0, 0.05) is 30.9 Å². The van der Waals surface area contributed by atoms with Gasteiger partial charge in [0.2, 0.25) is 11.9 Å². The van der Waals surface area contributed by atoms with Crippen LogP contribution in [0.15, 0.2) is 66.9 Å². The first-order valence-corrected chi connectivity index (χ1v) is 11.7. The number of phenols is 1. The summed E-state index contributed by atoms with van der Waals surface area (Å²) in [6.45, 7) is 1.97. The smallest absolute Gasteiger partial charge is 0.208 e. The number of aryl methyl sites for hydroxylation is 3. The molecule has 184 valence electrons. The minimum atomic E-state index is -0.652. The Labute approximate surface area is 211 Å². The van der Waals surface area contributed by atoms with E-state index in [-0.39, 0.29) is 5.75 Å². The molecule has 37 heavy (non-hydrogen) atoms. The molecule has 0 spiro atoms. The summed E-state index contributed by atoms with van der Waals surface area (Å²) >= 11 is 0. The topological polar surface area (TPSA) is 107 Å². The van der Waals surface area contributed by atoms with Crippen LogP contribution in [0.5, 0.6) is 5.75 Å². The molecule has 0 fully saturated rings. The lowest BCUT2D eigenvalue weighted by Gasteiger charge is -2.11. The lowest BCUT2D eigenvalue weighted by Crippen LogP contribution is -2.00. The number of fused-ring (bicyclic) bond motifs is 2. The standard InChI is InChI=1S/C28H24FN7O/c1-15-20(17-8-9-23-21(12-17)33-27(30)35(23)2)13-18(14-31-15)32-28-34-22-11-16(7-10-24(22)36(28)3)19-5-4-6-25(37)26(19)29/h4-14,37H,1-3H3,(H2,30,33)(H,32,34). The average molecular weight is 494 g/mol. The third-order valence-electron chi connectivity index (χ3n) is 6.74. The number of nitrogen functional groups attached to an aromatic ring is 1. The zero-order valence-electron chi connectivity index (χ0n) is 20.5. The number of aromatic nitrogens is 5. The molecule has 3 aromatic carbocycles. The summed E-state index contributed by atoms with van der Waals surface area (Å²) in [6, 6.07) is 18.2. The predicted molar refractivity (Wildman–Crippen MR) is 144 cm³/mol. The number of pyridine rings is 1. The largest absolute Gasteiger partial charge is 0.505 e. The highest BCUT2D eigenvalue weighted by Crippen LogP contribution is 2.33. The molecule has 0 aliphatic heterocycles. The second-order valence-corrected chi connectivity index (χ2v) is 9.05. The highest BCUT2D eigenvalue weighted by atomic mass is 19.1. The van der Waals surface area contributed by atoms with E-state index in [0.717, 1.165) is 39.1 Å². The first kappa shape index (κ1) is 22.5. The molecule has 0 atom stereocenters. The summed E-state index contributed by atoms with van der Waals surface area (Å²) < 4.78 is 18.3. The number of hydrogen-bond acceptors (Lipinski definition) is 6. The highest BCUT2D eigenvalue weighted by Gasteiger charge is 2.14. The van der Waals surface area contributed by atoms with E-state index < -0.39 is 5.82 Å². The van der Waals surface area contributed by atoms with Gasteiger partial charge in [0.25, 0.3) is 0 Å². The third-order valence-corrected chi connectivity index (χ3v) is 6.74. The van der Waals surface area contributed by atoms with E-state index in [1.54, 1.807) is 18.3 Å². The number of aromatic hydroxyl groups is 1. The highest BCUT2D eigenvalue weighted by molar-refractivity contribution is 5.87. The first-order valence-electron chi connectivity index (χ1n) is 11.7. The number of benzene rings is 3. The number of imidazole rings is 2. The van der Waals surface area contributed by atoms with E-state index >= 15 is 0 Å². The molecule has 0 aliphatic rings. The normalized spacial score (nSPS) is 11.5. The zero-order chi connectivity index (χ0) is 25.8. The molecular formula is C28H24FN7O. The van der Waals surface area contributed by atoms with Gasteiger partial charge in [-0.15, -0.1) is 0 Å². The van der Waals surface area contributed by atoms with Gasteiger partial charge in [0.15, 0.2) is 11.6 Å². The summed E-state index contributed by atoms with van der Waals surface area (Å²) in [4.78, 5) is 13.8. The van der Waals surface area contributed by atoms with Crippen LogP contribution in [0.1, 0.15) is 5.69 Å². The number of rotatable bonds is 4. The molecule has 0 unspecified atom stereocenters. The molecule has 8 nitrogen and oxygen atoms in total. The quantitative estimate of drug-likeness (QED) is 0.292. The first-order chi connectivity index (χ1) is 17.8. The molecule has 6 aromatic rings. The number of nitrogens with two attached hydrogens (primary N) is 1. The third kappa shape index (κ3) is 3.72. The molecule has 6 rings (SSSR count). The van der Waals surface area contributed by atoms with Crippen molar-refractivity contribution in [2.45, 2.75) is 6.92 Å². The van der Waals surface area contributed by atoms with Crippen LogP contribution in [-0.2, 0) is 14.1 Å². The van der Waals surface area contributed by atoms with Crippen molar-refractivity contribution >= 4 is 39.7 Å². The minimum absolute atomic E-state index is 0.320. The van der Waals surface area contributed by atoms with E-state index in [1.165, 1.54) is 6.07 Å². The van der Waals surface area contributed by atoms with Crippen LogP contribution in [0.25, 0.3) is 44.3 Å². The fraction of sp³-hybridized carbons (Fsp3) is 0.107. The molecule has 0 bridgehead atoms. The van der Waals surface area contributed by atoms with Gasteiger partial charge in [-0.25, -0.2) is 14.4 Å². The molecule has 0 radical (unpaired) electrons. The van der Waals surface area contributed by atoms with Gasteiger partial charge >= 0.3 is 0 Å². The molecular weight excluding hydrogens is 469 g/mol. The van der Waals surface area contributed by atoms with Gasteiger partial charge < -0.3 is 25.3 Å². The maximum absolute atomic E-state index is 14.5. The van der Waals surface area contributed by atoms with Crippen LogP contribution in [0.4, 0.5) is 22.0 Å². The molecule has 9 heteroatoms. The number of halogens is 1. The van der Waals surface area contributed by atoms with Crippen molar-refractivity contribution < 1.29 is 9.50 Å². The second kappa shape index (κ2) is 8.34. The van der Waals surface area contributed by atoms with Crippen molar-refractivity contribution in [3.63, 3.8) is 0 Å². The van der Waals surface area contributed by atoms with Crippen molar-refractivity contribution in [3.8, 4) is 28.0 Å². The summed E-state index contributed by atoms with van der Waals surface area (Å²) in [5.74, 6) is 0.0533. The van der Waals surface area contributed by atoms with Crippen molar-refractivity contribution in [1.82, 2.24) is 24.1 Å². The number of hydrogen-bond donors (Lipinski definition) is 3. The van der Waals surface area contributed by atoms with Gasteiger partial charge in [0.1, 0.15) is 0 Å². The van der Waals surface area contributed by atoms with Gasteiger partial charge in [-0.1, -0.05) is 24.3 Å². The number of nitrogens with zero attached hydrogens (tertiary/aromatic N) is 5. The van der Waals surface area contributed by atoms with Crippen LogP contribution >= 0.6 is 0 Å². The Balaban J connectivity index is 1.36. The molecule has 0 aliphatic carbocycles. The molecule has 3 aromatic heterocycles. The maximum atomic E-state index is 14.5. The van der Waals surface area contributed by atoms with E-state index in [0.29, 0.717) is 28.5 Å². The number of anilines is 3. The Morgan fingerprint density at radius 3 is 2.30 bits per heavy atom. The zero-order valence-corrected chi connectivity index (χ0v) is 20.5. The van der Waals surface area contributed by atoms with Crippen molar-refractivity contribution in [2.75, 3.05) is 11.1 Å². The van der Waals surface area contributed by atoms with Crippen molar-refractivity contribution in [1.29, 1.82) is 0 Å². The predicted octanol–water partition coefficient (Wildman–Crippen LogP) is 5.67. The van der Waals surface area contributed by atoms with Crippen molar-refractivity contribution in [2.24, 2.45) is 14.1 Å². The van der Waals surface area contributed by atoms with Gasteiger partial charge in [-0.05, 0) is 54.4 Å². The summed E-state index contributed by atoms with van der Waals surface area (Å²) in [6.07, 6.45) is 1.77. The summed E-state index contributed by atoms with van der Waals surface area (Å²) in [5.41, 5.74) is 13.9. The lowest BCUT2D eigenvalue weighted by molar-refractivity contribution is 0.433. The van der Waals surface area contributed by atoms with Crippen LogP contribution in [0.2, 0.25) is 0 Å². The molecule has 4 N–H and O–H groups in total. The fourth-order valence-corrected chi connectivity index (χ4v) is 4.63. The fourth-order valence-electron chi connectivity index (χ4n) is 4.63. The van der Waals surface area contributed by atoms with Gasteiger partial charge in [-0.2, -0.15) is 0 Å². The van der Waals surface area contributed by atoms with Crippen LogP contribution in [0, 0.1) is 12.7 Å². The second-order valence-electron chi connectivity index (χ2n) is 9.05. The van der Waals surface area contributed by atoms with E-state index in [4.69, 9.17) is 10.7 Å². The Kier molecular flexibility index (Phi) is 5.08. The van der Waals surface area contributed by atoms with Gasteiger partial charge in [-0.3, -0.25) is 4.98 Å². The SMILES string of the molecule is Cc1ncc(Nc2nc3cc(-c4cccc(O)c4F)ccc3n2C)cc1-c1ccc2c(c1)nc(N)n2C. The van der Waals surface area contributed by atoms with E-state index in [1.807, 2.05) is 72.6 Å². The number of nitrogens with one attached hydrogen (secondary N) is 1. The van der Waals surface area contributed by atoms with Crippen LogP contribution in [-0.4, -0.2) is 29.2 Å². The molecule has 0 saturated heterocycles. The number of phenolic OH excluding ortho intramolecular Hbond substituents is 1. The van der Waals surface area contributed by atoms with Crippen molar-refractivity contribution in [3.05, 3.63) is 78.4 Å². The molecule has 3 heterocycles. The van der Waals surface area contributed by atoms with E-state index in [9.17, 15) is 9.50 Å². The Morgan fingerprint density at radius 1 is 0.865 bits per heavy atom. The van der Waals surface area contributed by atoms with E-state index in [2.05, 4.69) is 15.3 Å². The van der Waals surface area contributed by atoms with Crippen LogP contribution in [0.3, 0.4) is 0 Å². The maximum Gasteiger partial charge on any atom is 0.208 e. The minimum Gasteiger partial charge on any atom is -0.505 e. The monoisotopic (exact) mass is 493 g/mol. The molecule has 0 amide bonds. The lowest BCUT2D eigenvalue weighted by atomic mass is 10.0. The average Bonchev–Trinajstić information content (AvgIpc) is 3.35. The Bertz CT molecular complexity index is 1840.